The van der Waals surface area contributed by atoms with E-state index in [1.54, 1.807) is 0 Å². The van der Waals surface area contributed by atoms with E-state index in [1.165, 1.54) is 62.9 Å². The van der Waals surface area contributed by atoms with Gasteiger partial charge in [0.15, 0.2) is 0 Å². The zero-order chi connectivity index (χ0) is 18.4. The van der Waals surface area contributed by atoms with Crippen LogP contribution in [-0.2, 0) is 11.3 Å². The van der Waals surface area contributed by atoms with Crippen LogP contribution in [0.4, 0.5) is 5.69 Å². The van der Waals surface area contributed by atoms with Crippen molar-refractivity contribution in [3.8, 4) is 0 Å². The SMILES string of the molecule is CN(Cc1ccc(N2CCCCC2)cc1)C(=O)C12CC3CC(CC(C3)C1)C2. The average Bonchev–Trinajstić information content (AvgIpc) is 2.67. The Morgan fingerprint density at radius 2 is 1.52 bits per heavy atom. The predicted molar refractivity (Wildman–Crippen MR) is 110 cm³/mol. The Morgan fingerprint density at radius 3 is 2.07 bits per heavy atom. The van der Waals surface area contributed by atoms with E-state index in [4.69, 9.17) is 0 Å². The Balaban J connectivity index is 1.25. The highest BCUT2D eigenvalue weighted by molar-refractivity contribution is 5.83. The third-order valence-corrected chi connectivity index (χ3v) is 7.92. The van der Waals surface area contributed by atoms with Crippen LogP contribution in [0.2, 0.25) is 0 Å². The van der Waals surface area contributed by atoms with Crippen molar-refractivity contribution in [3.63, 3.8) is 0 Å². The molecule has 1 aromatic carbocycles. The predicted octanol–water partition coefficient (Wildman–Crippen LogP) is 4.85. The van der Waals surface area contributed by atoms with Crippen molar-refractivity contribution >= 4 is 11.6 Å². The third kappa shape index (κ3) is 3.28. The average molecular weight is 367 g/mol. The van der Waals surface area contributed by atoms with Crippen molar-refractivity contribution < 1.29 is 4.79 Å². The van der Waals surface area contributed by atoms with E-state index < -0.39 is 0 Å². The summed E-state index contributed by atoms with van der Waals surface area (Å²) in [7, 11) is 2.03. The number of carbonyl (C=O) groups is 1. The molecule has 3 nitrogen and oxygen atoms in total. The Labute approximate surface area is 164 Å². The number of hydrogen-bond donors (Lipinski definition) is 0. The van der Waals surface area contributed by atoms with Crippen LogP contribution in [-0.4, -0.2) is 30.9 Å². The van der Waals surface area contributed by atoms with Crippen LogP contribution in [0.5, 0.6) is 0 Å². The highest BCUT2D eigenvalue weighted by atomic mass is 16.2. The van der Waals surface area contributed by atoms with E-state index >= 15 is 0 Å². The molecule has 4 bridgehead atoms. The Morgan fingerprint density at radius 1 is 0.963 bits per heavy atom. The van der Waals surface area contributed by atoms with E-state index in [0.29, 0.717) is 5.91 Å². The third-order valence-electron chi connectivity index (χ3n) is 7.92. The summed E-state index contributed by atoms with van der Waals surface area (Å²) in [5.74, 6) is 2.92. The van der Waals surface area contributed by atoms with E-state index in [9.17, 15) is 4.79 Å². The summed E-state index contributed by atoms with van der Waals surface area (Å²) >= 11 is 0. The number of hydrogen-bond acceptors (Lipinski definition) is 2. The van der Waals surface area contributed by atoms with Crippen molar-refractivity contribution in [3.05, 3.63) is 29.8 Å². The monoisotopic (exact) mass is 366 g/mol. The fraction of sp³-hybridized carbons (Fsp3) is 0.708. The normalized spacial score (nSPS) is 34.7. The van der Waals surface area contributed by atoms with E-state index in [1.807, 2.05) is 11.9 Å². The Bertz CT molecular complexity index is 654. The number of rotatable bonds is 4. The second-order valence-electron chi connectivity index (χ2n) is 10.1. The summed E-state index contributed by atoms with van der Waals surface area (Å²) < 4.78 is 0. The number of nitrogens with zero attached hydrogens (tertiary/aromatic N) is 2. The number of amides is 1. The molecule has 1 aromatic rings. The van der Waals surface area contributed by atoms with E-state index in [0.717, 1.165) is 43.6 Å². The first-order valence-corrected chi connectivity index (χ1v) is 11.2. The second-order valence-corrected chi connectivity index (χ2v) is 10.1. The largest absolute Gasteiger partial charge is 0.372 e. The lowest BCUT2D eigenvalue weighted by molar-refractivity contribution is -0.156. The summed E-state index contributed by atoms with van der Waals surface area (Å²) in [6.07, 6.45) is 11.7. The van der Waals surface area contributed by atoms with Gasteiger partial charge in [-0.1, -0.05) is 12.1 Å². The number of carbonyl (C=O) groups excluding carboxylic acids is 1. The van der Waals surface area contributed by atoms with Crippen molar-refractivity contribution in [1.82, 2.24) is 4.90 Å². The van der Waals surface area contributed by atoms with Gasteiger partial charge in [-0.25, -0.2) is 0 Å². The van der Waals surface area contributed by atoms with Gasteiger partial charge < -0.3 is 9.80 Å². The first-order valence-electron chi connectivity index (χ1n) is 11.2. The molecule has 3 heteroatoms. The lowest BCUT2D eigenvalue weighted by atomic mass is 9.49. The molecule has 5 aliphatic rings. The fourth-order valence-corrected chi connectivity index (χ4v) is 7.09. The molecule has 1 heterocycles. The topological polar surface area (TPSA) is 23.6 Å². The molecular formula is C24H34N2O. The maximum absolute atomic E-state index is 13.4. The van der Waals surface area contributed by atoms with Crippen molar-refractivity contribution in [2.45, 2.75) is 64.3 Å². The van der Waals surface area contributed by atoms with Gasteiger partial charge in [-0.2, -0.15) is 0 Å². The number of benzene rings is 1. The molecule has 6 rings (SSSR count). The van der Waals surface area contributed by atoms with Crippen LogP contribution >= 0.6 is 0 Å². The van der Waals surface area contributed by atoms with Gasteiger partial charge in [-0.3, -0.25) is 4.79 Å². The van der Waals surface area contributed by atoms with Crippen molar-refractivity contribution in [2.24, 2.45) is 23.2 Å². The van der Waals surface area contributed by atoms with Crippen molar-refractivity contribution in [2.75, 3.05) is 25.0 Å². The Kier molecular flexibility index (Phi) is 4.44. The molecule has 4 saturated carbocycles. The van der Waals surface area contributed by atoms with Crippen LogP contribution in [0.3, 0.4) is 0 Å². The molecule has 0 aromatic heterocycles. The summed E-state index contributed by atoms with van der Waals surface area (Å²) in [5.41, 5.74) is 2.59. The summed E-state index contributed by atoms with van der Waals surface area (Å²) in [4.78, 5) is 18.0. The minimum Gasteiger partial charge on any atom is -0.372 e. The molecule has 1 saturated heterocycles. The zero-order valence-electron chi connectivity index (χ0n) is 16.8. The first kappa shape index (κ1) is 17.6. The van der Waals surface area contributed by atoms with Crippen LogP contribution < -0.4 is 4.90 Å². The molecule has 5 fully saturated rings. The second kappa shape index (κ2) is 6.83. The molecule has 0 N–H and O–H groups in total. The minimum atomic E-state index is -0.0166. The molecule has 4 aliphatic carbocycles. The highest BCUT2D eigenvalue weighted by Crippen LogP contribution is 2.60. The van der Waals surface area contributed by atoms with Gasteiger partial charge in [0, 0.05) is 32.4 Å². The summed E-state index contributed by atoms with van der Waals surface area (Å²) in [5, 5.41) is 0. The number of piperidine rings is 1. The molecule has 1 aliphatic heterocycles. The number of anilines is 1. The van der Waals surface area contributed by atoms with Gasteiger partial charge in [-0.05, 0) is 93.2 Å². The highest BCUT2D eigenvalue weighted by Gasteiger charge is 2.55. The van der Waals surface area contributed by atoms with Crippen LogP contribution in [0.15, 0.2) is 24.3 Å². The fourth-order valence-electron chi connectivity index (χ4n) is 7.09. The zero-order valence-corrected chi connectivity index (χ0v) is 16.8. The molecule has 146 valence electrons. The van der Waals surface area contributed by atoms with Gasteiger partial charge in [0.05, 0.1) is 5.41 Å². The van der Waals surface area contributed by atoms with Gasteiger partial charge in [0.25, 0.3) is 0 Å². The lowest BCUT2D eigenvalue weighted by Gasteiger charge is -2.56. The summed E-state index contributed by atoms with van der Waals surface area (Å²) in [6, 6.07) is 8.97. The maximum atomic E-state index is 13.4. The smallest absolute Gasteiger partial charge is 0.228 e. The first-order chi connectivity index (χ1) is 13.1. The van der Waals surface area contributed by atoms with Crippen molar-refractivity contribution in [1.29, 1.82) is 0 Å². The molecular weight excluding hydrogens is 332 g/mol. The lowest BCUT2D eigenvalue weighted by Crippen LogP contribution is -2.53. The Hall–Kier alpha value is -1.51. The standard InChI is InChI=1S/C24H34N2O/c1-25(17-18-5-7-22(8-6-18)26-9-3-2-4-10-26)23(27)24-14-19-11-20(15-24)13-21(12-19)16-24/h5-8,19-21H,2-4,9-17H2,1H3. The maximum Gasteiger partial charge on any atom is 0.228 e. The van der Waals surface area contributed by atoms with Gasteiger partial charge in [-0.15, -0.1) is 0 Å². The van der Waals surface area contributed by atoms with Gasteiger partial charge >= 0.3 is 0 Å². The molecule has 0 spiro atoms. The molecule has 0 radical (unpaired) electrons. The molecule has 0 atom stereocenters. The molecule has 27 heavy (non-hydrogen) atoms. The molecule has 1 amide bonds. The van der Waals surface area contributed by atoms with Gasteiger partial charge in [0.1, 0.15) is 0 Å². The van der Waals surface area contributed by atoms with Crippen LogP contribution in [0.25, 0.3) is 0 Å². The minimum absolute atomic E-state index is 0.0166. The van der Waals surface area contributed by atoms with Crippen LogP contribution in [0, 0.1) is 23.2 Å². The van der Waals surface area contributed by atoms with Gasteiger partial charge in [0.2, 0.25) is 5.91 Å². The van der Waals surface area contributed by atoms with Crippen LogP contribution in [0.1, 0.15) is 63.4 Å². The van der Waals surface area contributed by atoms with E-state index in [2.05, 4.69) is 29.2 Å². The summed E-state index contributed by atoms with van der Waals surface area (Å²) in [6.45, 7) is 3.12. The quantitative estimate of drug-likeness (QED) is 0.760. The molecule has 0 unspecified atom stereocenters. The van der Waals surface area contributed by atoms with E-state index in [-0.39, 0.29) is 5.41 Å².